The van der Waals surface area contributed by atoms with E-state index in [0.29, 0.717) is 23.5 Å². The van der Waals surface area contributed by atoms with Crippen molar-refractivity contribution >= 4 is 34.7 Å². The van der Waals surface area contributed by atoms with Crippen molar-refractivity contribution < 1.29 is 23.8 Å². The van der Waals surface area contributed by atoms with Gasteiger partial charge in [-0.25, -0.2) is 4.39 Å². The number of hydrogen-bond donors (Lipinski definition) is 1. The molecular formula is C24H18ClFN2O4. The quantitative estimate of drug-likeness (QED) is 0.338. The number of rotatable bonds is 5. The molecule has 1 N–H and O–H groups in total. The molecule has 32 heavy (non-hydrogen) atoms. The van der Waals surface area contributed by atoms with E-state index < -0.39 is 23.5 Å². The third-order valence-electron chi connectivity index (χ3n) is 5.09. The zero-order valence-corrected chi connectivity index (χ0v) is 17.7. The molecule has 0 bridgehead atoms. The highest BCUT2D eigenvalue weighted by Gasteiger charge is 2.47. The van der Waals surface area contributed by atoms with Gasteiger partial charge in [0.05, 0.1) is 23.2 Å². The Morgan fingerprint density at radius 1 is 1.12 bits per heavy atom. The van der Waals surface area contributed by atoms with Gasteiger partial charge in [0.1, 0.15) is 17.3 Å². The van der Waals surface area contributed by atoms with Crippen LogP contribution < -0.4 is 9.64 Å². The molecule has 1 saturated heterocycles. The molecule has 0 saturated carbocycles. The Morgan fingerprint density at radius 2 is 1.81 bits per heavy atom. The van der Waals surface area contributed by atoms with Crippen molar-refractivity contribution in [3.05, 3.63) is 94.5 Å². The Labute approximate surface area is 188 Å². The number of ketones is 1. The van der Waals surface area contributed by atoms with Gasteiger partial charge < -0.3 is 9.84 Å². The SMILES string of the molecule is CCOc1ccc(/C(O)=C2\C(=O)C(=O)N(c3ccc(F)c(Cl)c3)C2c2ccncc2)cc1. The minimum atomic E-state index is -0.953. The van der Waals surface area contributed by atoms with Gasteiger partial charge in [-0.1, -0.05) is 11.6 Å². The second-order valence-electron chi connectivity index (χ2n) is 7.01. The molecule has 1 aromatic heterocycles. The lowest BCUT2D eigenvalue weighted by molar-refractivity contribution is -0.132. The number of carbonyl (C=O) groups is 2. The zero-order valence-electron chi connectivity index (χ0n) is 17.0. The van der Waals surface area contributed by atoms with Crippen molar-refractivity contribution in [2.24, 2.45) is 0 Å². The first-order valence-electron chi connectivity index (χ1n) is 9.81. The molecular weight excluding hydrogens is 435 g/mol. The number of carbonyl (C=O) groups excluding carboxylic acids is 2. The summed E-state index contributed by atoms with van der Waals surface area (Å²) in [6, 6.07) is 12.6. The zero-order chi connectivity index (χ0) is 22.8. The Morgan fingerprint density at radius 3 is 2.44 bits per heavy atom. The lowest BCUT2D eigenvalue weighted by atomic mass is 9.95. The summed E-state index contributed by atoms with van der Waals surface area (Å²) in [7, 11) is 0. The maximum Gasteiger partial charge on any atom is 0.300 e. The maximum absolute atomic E-state index is 13.7. The van der Waals surface area contributed by atoms with Crippen LogP contribution in [0.15, 0.2) is 72.6 Å². The number of benzene rings is 2. The fourth-order valence-corrected chi connectivity index (χ4v) is 3.80. The number of ether oxygens (including phenoxy) is 1. The van der Waals surface area contributed by atoms with Crippen LogP contribution in [-0.2, 0) is 9.59 Å². The van der Waals surface area contributed by atoms with Crippen LogP contribution in [-0.4, -0.2) is 28.4 Å². The highest BCUT2D eigenvalue weighted by molar-refractivity contribution is 6.51. The minimum absolute atomic E-state index is 0.0918. The number of halogens is 2. The minimum Gasteiger partial charge on any atom is -0.507 e. The maximum atomic E-state index is 13.7. The molecule has 1 aliphatic rings. The van der Waals surface area contributed by atoms with E-state index >= 15 is 0 Å². The molecule has 0 aliphatic carbocycles. The summed E-state index contributed by atoms with van der Waals surface area (Å²) in [6.45, 7) is 2.34. The molecule has 0 radical (unpaired) electrons. The Bertz CT molecular complexity index is 1210. The molecule has 1 fully saturated rings. The summed E-state index contributed by atoms with van der Waals surface area (Å²) < 4.78 is 19.1. The Hall–Kier alpha value is -3.71. The number of hydrogen-bond acceptors (Lipinski definition) is 5. The molecule has 4 rings (SSSR count). The molecule has 8 heteroatoms. The van der Waals surface area contributed by atoms with Crippen LogP contribution in [0.2, 0.25) is 5.02 Å². The fraction of sp³-hybridized carbons (Fsp3) is 0.125. The van der Waals surface area contributed by atoms with Gasteiger partial charge in [-0.2, -0.15) is 0 Å². The van der Waals surface area contributed by atoms with E-state index in [1.165, 1.54) is 29.4 Å². The smallest absolute Gasteiger partial charge is 0.300 e. The fourth-order valence-electron chi connectivity index (χ4n) is 3.63. The Kier molecular flexibility index (Phi) is 5.92. The molecule has 3 aromatic rings. The molecule has 2 heterocycles. The molecule has 1 aliphatic heterocycles. The predicted molar refractivity (Wildman–Crippen MR) is 118 cm³/mol. The number of amides is 1. The molecule has 162 valence electrons. The van der Waals surface area contributed by atoms with E-state index in [-0.39, 0.29) is 22.0 Å². The first-order chi connectivity index (χ1) is 15.4. The van der Waals surface area contributed by atoms with E-state index in [4.69, 9.17) is 16.3 Å². The largest absolute Gasteiger partial charge is 0.507 e. The average Bonchev–Trinajstić information content (AvgIpc) is 3.07. The highest BCUT2D eigenvalue weighted by Crippen LogP contribution is 2.42. The monoisotopic (exact) mass is 452 g/mol. The van der Waals surface area contributed by atoms with Crippen LogP contribution in [0, 0.1) is 5.82 Å². The van der Waals surface area contributed by atoms with E-state index in [2.05, 4.69) is 4.98 Å². The molecule has 2 aromatic carbocycles. The van der Waals surface area contributed by atoms with Crippen molar-refractivity contribution in [2.45, 2.75) is 13.0 Å². The third kappa shape index (κ3) is 3.83. The molecule has 0 spiro atoms. The predicted octanol–water partition coefficient (Wildman–Crippen LogP) is 4.90. The van der Waals surface area contributed by atoms with Gasteiger partial charge in [-0.15, -0.1) is 0 Å². The number of Topliss-reactive ketones (excluding diaryl/α,β-unsaturated/α-hetero) is 1. The van der Waals surface area contributed by atoms with Crippen molar-refractivity contribution in [1.82, 2.24) is 4.98 Å². The summed E-state index contributed by atoms with van der Waals surface area (Å²) in [5.74, 6) is -2.09. The van der Waals surface area contributed by atoms with Crippen LogP contribution in [0.3, 0.4) is 0 Å². The number of aliphatic hydroxyl groups is 1. The van der Waals surface area contributed by atoms with Crippen molar-refractivity contribution in [1.29, 1.82) is 0 Å². The van der Waals surface area contributed by atoms with E-state index in [9.17, 15) is 19.1 Å². The summed E-state index contributed by atoms with van der Waals surface area (Å²) >= 11 is 5.92. The van der Waals surface area contributed by atoms with Gasteiger partial charge in [0, 0.05) is 23.6 Å². The number of aromatic nitrogens is 1. The first-order valence-corrected chi connectivity index (χ1v) is 10.2. The van der Waals surface area contributed by atoms with Gasteiger partial charge in [0.25, 0.3) is 11.7 Å². The summed E-state index contributed by atoms with van der Waals surface area (Å²) in [5.41, 5.74) is 1.03. The highest BCUT2D eigenvalue weighted by atomic mass is 35.5. The normalized spacial score (nSPS) is 17.6. The van der Waals surface area contributed by atoms with Gasteiger partial charge in [-0.05, 0) is 67.1 Å². The standard InChI is InChI=1S/C24H18ClFN2O4/c1-2-32-17-6-3-15(4-7-17)22(29)20-21(14-9-11-27-12-10-14)28(24(31)23(20)30)16-5-8-19(26)18(25)13-16/h3-13,21,29H,2H2,1H3/b22-20+. The second kappa shape index (κ2) is 8.80. The number of anilines is 1. The van der Waals surface area contributed by atoms with Crippen molar-refractivity contribution in [3.8, 4) is 5.75 Å². The van der Waals surface area contributed by atoms with Crippen LogP contribution >= 0.6 is 11.6 Å². The summed E-state index contributed by atoms with van der Waals surface area (Å²) in [4.78, 5) is 31.3. The third-order valence-corrected chi connectivity index (χ3v) is 5.38. The molecule has 6 nitrogen and oxygen atoms in total. The van der Waals surface area contributed by atoms with Crippen molar-refractivity contribution in [3.63, 3.8) is 0 Å². The molecule has 1 unspecified atom stereocenters. The lowest BCUT2D eigenvalue weighted by Gasteiger charge is -2.25. The second-order valence-corrected chi connectivity index (χ2v) is 7.41. The number of pyridine rings is 1. The van der Waals surface area contributed by atoms with Crippen LogP contribution in [0.5, 0.6) is 5.75 Å². The van der Waals surface area contributed by atoms with Gasteiger partial charge in [-0.3, -0.25) is 19.5 Å². The molecule has 1 amide bonds. The van der Waals surface area contributed by atoms with E-state index in [1.54, 1.807) is 36.4 Å². The van der Waals surface area contributed by atoms with E-state index in [0.717, 1.165) is 6.07 Å². The van der Waals surface area contributed by atoms with Crippen molar-refractivity contribution in [2.75, 3.05) is 11.5 Å². The molecule has 1 atom stereocenters. The summed E-state index contributed by atoms with van der Waals surface area (Å²) in [5, 5.41) is 10.9. The topological polar surface area (TPSA) is 79.7 Å². The van der Waals surface area contributed by atoms with Crippen LogP contribution in [0.1, 0.15) is 24.1 Å². The van der Waals surface area contributed by atoms with Gasteiger partial charge >= 0.3 is 0 Å². The number of aliphatic hydroxyl groups excluding tert-OH is 1. The number of nitrogens with zero attached hydrogens (tertiary/aromatic N) is 2. The van der Waals surface area contributed by atoms with Gasteiger partial charge in [0.15, 0.2) is 0 Å². The lowest BCUT2D eigenvalue weighted by Crippen LogP contribution is -2.29. The van der Waals surface area contributed by atoms with Crippen LogP contribution in [0.4, 0.5) is 10.1 Å². The van der Waals surface area contributed by atoms with Crippen LogP contribution in [0.25, 0.3) is 5.76 Å². The Balaban J connectivity index is 1.88. The average molecular weight is 453 g/mol. The van der Waals surface area contributed by atoms with E-state index in [1.807, 2.05) is 6.92 Å². The first kappa shape index (κ1) is 21.5. The summed E-state index contributed by atoms with van der Waals surface area (Å²) in [6.07, 6.45) is 3.04. The van der Waals surface area contributed by atoms with Gasteiger partial charge in [0.2, 0.25) is 0 Å².